The van der Waals surface area contributed by atoms with Crippen molar-refractivity contribution in [3.63, 3.8) is 0 Å². The molecule has 4 atom stereocenters. The number of phenols is 1. The van der Waals surface area contributed by atoms with Gasteiger partial charge in [-0.3, -0.25) is 14.4 Å². The molecule has 1 aliphatic heterocycles. The van der Waals surface area contributed by atoms with Crippen LogP contribution < -0.4 is 10.6 Å². The highest BCUT2D eigenvalue weighted by Gasteiger charge is 2.57. The normalized spacial score (nSPS) is 20.2. The number of alkyl halides is 2. The number of benzene rings is 2. The first-order chi connectivity index (χ1) is 17.5. The standard InChI is InChI=1S/C27H33F2N3O5/c1-4-13-30-25(36)22-17(3)27(28,29)15-32(22)26(37)23(34)20(14-18-9-6-5-7-10-18)31-24(35)19-11-8-12-21(33)16(19)2/h5-12,17,20,22-23,33-34H,4,13-15H2,1-3H3,(H,30,36)(H,31,35)/t17?,20-,22-,23-/m0/s1. The highest BCUT2D eigenvalue weighted by molar-refractivity contribution is 5.97. The van der Waals surface area contributed by atoms with E-state index in [1.807, 2.05) is 6.92 Å². The second-order valence-corrected chi connectivity index (χ2v) is 9.42. The summed E-state index contributed by atoms with van der Waals surface area (Å²) < 4.78 is 29.3. The van der Waals surface area contributed by atoms with E-state index in [0.717, 1.165) is 0 Å². The second-order valence-electron chi connectivity index (χ2n) is 9.42. The molecule has 1 saturated heterocycles. The zero-order chi connectivity index (χ0) is 27.3. The minimum absolute atomic E-state index is 0.0177. The van der Waals surface area contributed by atoms with E-state index in [0.29, 0.717) is 22.4 Å². The van der Waals surface area contributed by atoms with Crippen molar-refractivity contribution in [2.45, 2.75) is 57.7 Å². The fourth-order valence-electron chi connectivity index (χ4n) is 4.47. The van der Waals surface area contributed by atoms with E-state index in [9.17, 15) is 33.4 Å². The van der Waals surface area contributed by atoms with Gasteiger partial charge < -0.3 is 25.7 Å². The number of carbonyl (C=O) groups is 3. The van der Waals surface area contributed by atoms with Crippen LogP contribution in [0, 0.1) is 12.8 Å². The third-order valence-corrected chi connectivity index (χ3v) is 6.76. The van der Waals surface area contributed by atoms with Gasteiger partial charge in [-0.05, 0) is 37.5 Å². The Labute approximate surface area is 214 Å². The van der Waals surface area contributed by atoms with Gasteiger partial charge in [-0.25, -0.2) is 8.78 Å². The van der Waals surface area contributed by atoms with Gasteiger partial charge in [0.05, 0.1) is 18.5 Å². The highest BCUT2D eigenvalue weighted by Crippen LogP contribution is 2.38. The Bertz CT molecular complexity index is 1130. The first-order valence-corrected chi connectivity index (χ1v) is 12.2. The first-order valence-electron chi connectivity index (χ1n) is 12.2. The average Bonchev–Trinajstić information content (AvgIpc) is 3.12. The Morgan fingerprint density at radius 1 is 1.14 bits per heavy atom. The van der Waals surface area contributed by atoms with Gasteiger partial charge in [0.25, 0.3) is 17.7 Å². The van der Waals surface area contributed by atoms with E-state index >= 15 is 0 Å². The molecule has 10 heteroatoms. The molecule has 8 nitrogen and oxygen atoms in total. The lowest BCUT2D eigenvalue weighted by atomic mass is 9.97. The van der Waals surface area contributed by atoms with Crippen molar-refractivity contribution < 1.29 is 33.4 Å². The number of amides is 3. The number of phenolic OH excluding ortho intramolecular Hbond substituents is 1. The Balaban J connectivity index is 1.90. The summed E-state index contributed by atoms with van der Waals surface area (Å²) in [6, 6.07) is 10.5. The van der Waals surface area contributed by atoms with Crippen LogP contribution in [0.4, 0.5) is 8.78 Å². The van der Waals surface area contributed by atoms with Gasteiger partial charge in [0.1, 0.15) is 11.8 Å². The van der Waals surface area contributed by atoms with Gasteiger partial charge in [-0.2, -0.15) is 0 Å². The number of likely N-dealkylation sites (tertiary alicyclic amines) is 1. The summed E-state index contributed by atoms with van der Waals surface area (Å²) in [7, 11) is 0. The highest BCUT2D eigenvalue weighted by atomic mass is 19.3. The minimum Gasteiger partial charge on any atom is -0.508 e. The Morgan fingerprint density at radius 3 is 2.46 bits per heavy atom. The van der Waals surface area contributed by atoms with Crippen molar-refractivity contribution in [2.24, 2.45) is 5.92 Å². The van der Waals surface area contributed by atoms with Gasteiger partial charge in [-0.1, -0.05) is 50.2 Å². The number of aliphatic hydroxyl groups is 1. The van der Waals surface area contributed by atoms with E-state index in [1.165, 1.54) is 25.1 Å². The number of halogens is 2. The molecule has 0 spiro atoms. The molecule has 1 fully saturated rings. The van der Waals surface area contributed by atoms with Crippen LogP contribution in [-0.2, 0) is 16.0 Å². The van der Waals surface area contributed by atoms with Gasteiger partial charge in [0, 0.05) is 17.7 Å². The topological polar surface area (TPSA) is 119 Å². The zero-order valence-electron chi connectivity index (χ0n) is 21.1. The van der Waals surface area contributed by atoms with Crippen LogP contribution >= 0.6 is 0 Å². The van der Waals surface area contributed by atoms with E-state index in [4.69, 9.17) is 0 Å². The number of aliphatic hydroxyl groups excluding tert-OH is 1. The maximum absolute atomic E-state index is 14.7. The van der Waals surface area contributed by atoms with Gasteiger partial charge in [0.15, 0.2) is 6.10 Å². The summed E-state index contributed by atoms with van der Waals surface area (Å²) in [5.41, 5.74) is 1.13. The molecule has 2 aromatic carbocycles. The Morgan fingerprint density at radius 2 is 1.81 bits per heavy atom. The third-order valence-electron chi connectivity index (χ3n) is 6.76. The molecule has 0 radical (unpaired) electrons. The van der Waals surface area contributed by atoms with Crippen LogP contribution in [0.3, 0.4) is 0 Å². The Hall–Kier alpha value is -3.53. The fourth-order valence-corrected chi connectivity index (χ4v) is 4.47. The molecule has 200 valence electrons. The molecule has 3 amide bonds. The van der Waals surface area contributed by atoms with E-state index in [2.05, 4.69) is 10.6 Å². The molecule has 1 aliphatic rings. The van der Waals surface area contributed by atoms with E-state index in [1.54, 1.807) is 37.3 Å². The van der Waals surface area contributed by atoms with Gasteiger partial charge in [-0.15, -0.1) is 0 Å². The molecule has 4 N–H and O–H groups in total. The van der Waals surface area contributed by atoms with E-state index in [-0.39, 0.29) is 24.3 Å². The second kappa shape index (κ2) is 11.7. The van der Waals surface area contributed by atoms with Crippen molar-refractivity contribution in [1.29, 1.82) is 0 Å². The molecule has 3 rings (SSSR count). The quantitative estimate of drug-likeness (QED) is 0.407. The smallest absolute Gasteiger partial charge is 0.270 e. The lowest BCUT2D eigenvalue weighted by Gasteiger charge is -2.30. The van der Waals surface area contributed by atoms with Gasteiger partial charge in [0.2, 0.25) is 5.91 Å². The molecule has 1 unspecified atom stereocenters. The molecule has 0 saturated carbocycles. The van der Waals surface area contributed by atoms with Crippen LogP contribution in [0.5, 0.6) is 5.75 Å². The predicted octanol–water partition coefficient (Wildman–Crippen LogP) is 2.41. The van der Waals surface area contributed by atoms with Crippen LogP contribution in [-0.4, -0.2) is 70.0 Å². The summed E-state index contributed by atoms with van der Waals surface area (Å²) in [6.07, 6.45) is -1.31. The number of aromatic hydroxyl groups is 1. The van der Waals surface area contributed by atoms with Crippen LogP contribution in [0.25, 0.3) is 0 Å². The van der Waals surface area contributed by atoms with Crippen molar-refractivity contribution in [3.05, 3.63) is 65.2 Å². The number of nitrogens with zero attached hydrogens (tertiary/aromatic N) is 1. The molecule has 0 bridgehead atoms. The molecule has 2 aromatic rings. The largest absolute Gasteiger partial charge is 0.508 e. The molecular weight excluding hydrogens is 484 g/mol. The lowest BCUT2D eigenvalue weighted by molar-refractivity contribution is -0.147. The number of nitrogens with one attached hydrogen (secondary N) is 2. The summed E-state index contributed by atoms with van der Waals surface area (Å²) in [6.45, 7) is 3.79. The molecule has 1 heterocycles. The maximum Gasteiger partial charge on any atom is 0.270 e. The van der Waals surface area contributed by atoms with E-state index < -0.39 is 54.3 Å². The molecular formula is C27H33F2N3O5. The van der Waals surface area contributed by atoms with Crippen molar-refractivity contribution >= 4 is 17.7 Å². The van der Waals surface area contributed by atoms with Crippen LogP contribution in [0.15, 0.2) is 48.5 Å². The summed E-state index contributed by atoms with van der Waals surface area (Å²) in [4.78, 5) is 39.9. The zero-order valence-corrected chi connectivity index (χ0v) is 21.1. The maximum atomic E-state index is 14.7. The summed E-state index contributed by atoms with van der Waals surface area (Å²) in [5.74, 6) is -7.34. The lowest BCUT2D eigenvalue weighted by Crippen LogP contribution is -2.56. The Kier molecular flexibility index (Phi) is 8.85. The number of hydrogen-bond acceptors (Lipinski definition) is 5. The first kappa shape index (κ1) is 28.0. The fraction of sp³-hybridized carbons (Fsp3) is 0.444. The molecule has 0 aliphatic carbocycles. The van der Waals surface area contributed by atoms with Crippen molar-refractivity contribution in [1.82, 2.24) is 15.5 Å². The van der Waals surface area contributed by atoms with Crippen molar-refractivity contribution in [3.8, 4) is 5.75 Å². The summed E-state index contributed by atoms with van der Waals surface area (Å²) >= 11 is 0. The average molecular weight is 518 g/mol. The number of carbonyl (C=O) groups excluding carboxylic acids is 3. The molecule has 37 heavy (non-hydrogen) atoms. The number of hydrogen-bond donors (Lipinski definition) is 4. The van der Waals surface area contributed by atoms with Crippen molar-refractivity contribution in [2.75, 3.05) is 13.1 Å². The SMILES string of the molecule is CCCNC(=O)[C@@H]1C(C)C(F)(F)CN1C(=O)[C@@H](O)[C@H](Cc1ccccc1)NC(=O)c1cccc(O)c1C. The van der Waals surface area contributed by atoms with Crippen LogP contribution in [0.1, 0.15) is 41.8 Å². The minimum atomic E-state index is -3.33. The number of rotatable bonds is 9. The third kappa shape index (κ3) is 6.25. The van der Waals surface area contributed by atoms with Gasteiger partial charge >= 0.3 is 0 Å². The summed E-state index contributed by atoms with van der Waals surface area (Å²) in [5, 5.41) is 26.3. The predicted molar refractivity (Wildman–Crippen MR) is 133 cm³/mol. The monoisotopic (exact) mass is 517 g/mol. The van der Waals surface area contributed by atoms with Crippen LogP contribution in [0.2, 0.25) is 0 Å². The molecule has 0 aromatic heterocycles.